The molecule has 1 aliphatic heterocycles. The molecule has 0 bridgehead atoms. The minimum absolute atomic E-state index is 0.0247. The van der Waals surface area contributed by atoms with Crippen LogP contribution in [0.3, 0.4) is 0 Å². The van der Waals surface area contributed by atoms with Gasteiger partial charge in [-0.3, -0.25) is 9.59 Å². The van der Waals surface area contributed by atoms with E-state index in [1.807, 2.05) is 47.4 Å². The van der Waals surface area contributed by atoms with E-state index in [1.54, 1.807) is 0 Å². The Labute approximate surface area is 190 Å². The molecule has 1 N–H and O–H groups in total. The topological polar surface area (TPSA) is 49.4 Å². The average molecular weight is 439 g/mol. The Kier molecular flexibility index (Phi) is 6.38. The zero-order valence-electron chi connectivity index (χ0n) is 18.3. The molecule has 2 aromatic carbocycles. The largest absolute Gasteiger partial charge is 0.349 e. The van der Waals surface area contributed by atoms with Gasteiger partial charge in [0.05, 0.1) is 5.92 Å². The second kappa shape index (κ2) is 9.04. The van der Waals surface area contributed by atoms with E-state index in [2.05, 4.69) is 31.3 Å². The van der Waals surface area contributed by atoms with Crippen LogP contribution in [0.5, 0.6) is 0 Å². The molecule has 1 aliphatic carbocycles. The van der Waals surface area contributed by atoms with Crippen LogP contribution in [0.2, 0.25) is 5.02 Å². The van der Waals surface area contributed by atoms with Crippen molar-refractivity contribution in [3.63, 3.8) is 0 Å². The SMILES string of the molecule is CC1(C)CN(C(=O)[C@H]2CCC[C@H]2NC(=O)c2ccccc2)CCC1c1ccc(Cl)cc1. The van der Waals surface area contributed by atoms with E-state index < -0.39 is 0 Å². The first-order valence-corrected chi connectivity index (χ1v) is 11.6. The number of rotatable bonds is 4. The van der Waals surface area contributed by atoms with E-state index in [0.717, 1.165) is 43.8 Å². The van der Waals surface area contributed by atoms with Crippen molar-refractivity contribution in [2.24, 2.45) is 11.3 Å². The van der Waals surface area contributed by atoms with E-state index in [0.29, 0.717) is 11.5 Å². The first-order chi connectivity index (χ1) is 14.8. The summed E-state index contributed by atoms with van der Waals surface area (Å²) in [5.74, 6) is 0.368. The molecule has 0 spiro atoms. The van der Waals surface area contributed by atoms with Crippen LogP contribution < -0.4 is 5.32 Å². The standard InChI is InChI=1S/C26H31ClN2O2/c1-26(2)17-29(16-15-22(26)18-11-13-20(27)14-12-18)25(31)21-9-6-10-23(21)28-24(30)19-7-4-3-5-8-19/h3-5,7-8,11-14,21-23H,6,9-10,15-17H2,1-2H3,(H,28,30)/t21-,22?,23+/m0/s1. The monoisotopic (exact) mass is 438 g/mol. The fraction of sp³-hybridized carbons (Fsp3) is 0.462. The van der Waals surface area contributed by atoms with Gasteiger partial charge in [-0.15, -0.1) is 0 Å². The molecular formula is C26H31ClN2O2. The molecule has 4 rings (SSSR count). The Morgan fingerprint density at radius 3 is 2.39 bits per heavy atom. The highest BCUT2D eigenvalue weighted by atomic mass is 35.5. The van der Waals surface area contributed by atoms with Gasteiger partial charge in [0.2, 0.25) is 5.91 Å². The van der Waals surface area contributed by atoms with E-state index >= 15 is 0 Å². The highest BCUT2D eigenvalue weighted by Crippen LogP contribution is 2.43. The lowest BCUT2D eigenvalue weighted by Crippen LogP contribution is -2.52. The van der Waals surface area contributed by atoms with E-state index in [4.69, 9.17) is 11.6 Å². The lowest BCUT2D eigenvalue weighted by molar-refractivity contribution is -0.139. The predicted octanol–water partition coefficient (Wildman–Crippen LogP) is 5.28. The van der Waals surface area contributed by atoms with Crippen molar-refractivity contribution >= 4 is 23.4 Å². The number of benzene rings is 2. The number of hydrogen-bond donors (Lipinski definition) is 1. The number of likely N-dealkylation sites (tertiary alicyclic amines) is 1. The van der Waals surface area contributed by atoms with Gasteiger partial charge in [-0.05, 0) is 60.4 Å². The van der Waals surface area contributed by atoms with Gasteiger partial charge in [0.1, 0.15) is 0 Å². The van der Waals surface area contributed by atoms with Crippen molar-refractivity contribution in [2.45, 2.75) is 51.5 Å². The van der Waals surface area contributed by atoms with Crippen molar-refractivity contribution in [2.75, 3.05) is 13.1 Å². The molecule has 2 aliphatic rings. The molecule has 1 saturated carbocycles. The summed E-state index contributed by atoms with van der Waals surface area (Å²) in [7, 11) is 0. The van der Waals surface area contributed by atoms with Gasteiger partial charge in [-0.1, -0.05) is 62.2 Å². The van der Waals surface area contributed by atoms with Gasteiger partial charge in [0.25, 0.3) is 5.91 Å². The Morgan fingerprint density at radius 2 is 1.71 bits per heavy atom. The van der Waals surface area contributed by atoms with Crippen molar-refractivity contribution < 1.29 is 9.59 Å². The van der Waals surface area contributed by atoms with Crippen molar-refractivity contribution in [1.29, 1.82) is 0 Å². The molecule has 0 aromatic heterocycles. The molecule has 4 nitrogen and oxygen atoms in total. The quantitative estimate of drug-likeness (QED) is 0.705. The molecule has 1 unspecified atom stereocenters. The summed E-state index contributed by atoms with van der Waals surface area (Å²) in [5, 5.41) is 3.88. The third kappa shape index (κ3) is 4.79. The molecule has 164 valence electrons. The average Bonchev–Trinajstić information content (AvgIpc) is 3.22. The van der Waals surface area contributed by atoms with Crippen LogP contribution in [0.1, 0.15) is 61.4 Å². The fourth-order valence-electron chi connectivity index (χ4n) is 5.36. The summed E-state index contributed by atoms with van der Waals surface area (Å²) in [5.41, 5.74) is 1.91. The molecule has 31 heavy (non-hydrogen) atoms. The zero-order valence-corrected chi connectivity index (χ0v) is 19.1. The first kappa shape index (κ1) is 21.9. The minimum Gasteiger partial charge on any atom is -0.349 e. The van der Waals surface area contributed by atoms with Gasteiger partial charge >= 0.3 is 0 Å². The highest BCUT2D eigenvalue weighted by molar-refractivity contribution is 6.30. The predicted molar refractivity (Wildman–Crippen MR) is 124 cm³/mol. The number of halogens is 1. The molecule has 1 saturated heterocycles. The van der Waals surface area contributed by atoms with Gasteiger partial charge < -0.3 is 10.2 Å². The normalized spacial score (nSPS) is 25.3. The van der Waals surface area contributed by atoms with Gasteiger partial charge in [-0.2, -0.15) is 0 Å². The van der Waals surface area contributed by atoms with Crippen LogP contribution in [-0.2, 0) is 4.79 Å². The van der Waals surface area contributed by atoms with Crippen molar-refractivity contribution in [3.05, 3.63) is 70.7 Å². The Bertz CT molecular complexity index is 926. The number of piperidine rings is 1. The second-order valence-electron chi connectivity index (χ2n) is 9.62. The van der Waals surface area contributed by atoms with Gasteiger partial charge in [0.15, 0.2) is 0 Å². The molecule has 1 heterocycles. The molecule has 2 fully saturated rings. The lowest BCUT2D eigenvalue weighted by Gasteiger charge is -2.45. The van der Waals surface area contributed by atoms with E-state index in [1.165, 1.54) is 5.56 Å². The maximum absolute atomic E-state index is 13.5. The maximum atomic E-state index is 13.5. The smallest absolute Gasteiger partial charge is 0.251 e. The van der Waals surface area contributed by atoms with Crippen LogP contribution in [0.25, 0.3) is 0 Å². The maximum Gasteiger partial charge on any atom is 0.251 e. The Hall–Kier alpha value is -2.33. The van der Waals surface area contributed by atoms with Gasteiger partial charge in [0, 0.05) is 29.7 Å². The summed E-state index contributed by atoms with van der Waals surface area (Å²) < 4.78 is 0. The molecule has 2 aromatic rings. The van der Waals surface area contributed by atoms with E-state index in [-0.39, 0.29) is 29.2 Å². The Morgan fingerprint density at radius 1 is 1.00 bits per heavy atom. The third-order valence-electron chi connectivity index (χ3n) is 7.00. The number of nitrogens with one attached hydrogen (secondary N) is 1. The summed E-state index contributed by atoms with van der Waals surface area (Å²) in [4.78, 5) is 28.1. The number of nitrogens with zero attached hydrogens (tertiary/aromatic N) is 1. The van der Waals surface area contributed by atoms with Crippen LogP contribution in [0.15, 0.2) is 54.6 Å². The summed E-state index contributed by atoms with van der Waals surface area (Å²) >= 11 is 6.06. The summed E-state index contributed by atoms with van der Waals surface area (Å²) in [6.07, 6.45) is 3.62. The van der Waals surface area contributed by atoms with Crippen LogP contribution in [-0.4, -0.2) is 35.8 Å². The number of carbonyl (C=O) groups excluding carboxylic acids is 2. The number of carbonyl (C=O) groups is 2. The molecule has 2 amide bonds. The van der Waals surface area contributed by atoms with Crippen LogP contribution >= 0.6 is 11.6 Å². The summed E-state index contributed by atoms with van der Waals surface area (Å²) in [6, 6.07) is 17.3. The highest BCUT2D eigenvalue weighted by Gasteiger charge is 2.42. The second-order valence-corrected chi connectivity index (χ2v) is 10.1. The van der Waals surface area contributed by atoms with Crippen molar-refractivity contribution in [1.82, 2.24) is 10.2 Å². The van der Waals surface area contributed by atoms with E-state index in [9.17, 15) is 9.59 Å². The van der Waals surface area contributed by atoms with Crippen molar-refractivity contribution in [3.8, 4) is 0 Å². The number of hydrogen-bond acceptors (Lipinski definition) is 2. The molecule has 5 heteroatoms. The molecule has 0 radical (unpaired) electrons. The first-order valence-electron chi connectivity index (χ1n) is 11.3. The lowest BCUT2D eigenvalue weighted by atomic mass is 9.70. The van der Waals surface area contributed by atoms with Crippen LogP contribution in [0.4, 0.5) is 0 Å². The molecular weight excluding hydrogens is 408 g/mol. The van der Waals surface area contributed by atoms with Crippen LogP contribution in [0, 0.1) is 11.3 Å². The summed E-state index contributed by atoms with van der Waals surface area (Å²) in [6.45, 7) is 5.98. The Balaban J connectivity index is 1.42. The van der Waals surface area contributed by atoms with Gasteiger partial charge in [-0.25, -0.2) is 0 Å². The number of amides is 2. The fourth-order valence-corrected chi connectivity index (χ4v) is 5.49. The molecule has 3 atom stereocenters. The zero-order chi connectivity index (χ0) is 22.0. The minimum atomic E-state index is -0.129. The third-order valence-corrected chi connectivity index (χ3v) is 7.25.